The highest BCUT2D eigenvalue weighted by molar-refractivity contribution is 9.10. The maximum atomic E-state index is 13.7. The van der Waals surface area contributed by atoms with Crippen LogP contribution in [0.4, 0.5) is 4.39 Å². The van der Waals surface area contributed by atoms with Gasteiger partial charge in [0.25, 0.3) is 0 Å². The van der Waals surface area contributed by atoms with Crippen molar-refractivity contribution in [2.24, 2.45) is 7.05 Å². The molecule has 1 atom stereocenters. The van der Waals surface area contributed by atoms with Crippen molar-refractivity contribution in [1.29, 1.82) is 0 Å². The minimum absolute atomic E-state index is 0.0312. The number of likely N-dealkylation sites (N-methyl/N-ethyl adjacent to an activating group) is 1. The third-order valence-corrected chi connectivity index (χ3v) is 5.03. The molecule has 1 N–H and O–H groups in total. The highest BCUT2D eigenvalue weighted by Gasteiger charge is 2.18. The molecule has 0 aliphatic heterocycles. The van der Waals surface area contributed by atoms with E-state index in [9.17, 15) is 4.39 Å². The first-order valence-electron chi connectivity index (χ1n) is 6.24. The summed E-state index contributed by atoms with van der Waals surface area (Å²) < 4.78 is 17.0. The van der Waals surface area contributed by atoms with Crippen LogP contribution < -0.4 is 5.32 Å². The SMILES string of the molecule is CNC(Cc1c(Br)c(C)nn1C)c1ccc(Br)c(F)c1. The number of aromatic nitrogens is 2. The minimum Gasteiger partial charge on any atom is -0.313 e. The molecule has 0 amide bonds. The normalized spacial score (nSPS) is 12.7. The number of nitrogens with one attached hydrogen (secondary N) is 1. The van der Waals surface area contributed by atoms with Gasteiger partial charge in [-0.15, -0.1) is 0 Å². The second-order valence-corrected chi connectivity index (χ2v) is 6.34. The van der Waals surface area contributed by atoms with Gasteiger partial charge in [0.15, 0.2) is 0 Å². The zero-order valence-corrected chi connectivity index (χ0v) is 14.7. The molecular weight excluding hydrogens is 389 g/mol. The average molecular weight is 405 g/mol. The first-order chi connectivity index (χ1) is 9.43. The van der Waals surface area contributed by atoms with E-state index in [2.05, 4.69) is 42.3 Å². The van der Waals surface area contributed by atoms with Gasteiger partial charge in [0.1, 0.15) is 5.82 Å². The molecule has 0 aliphatic carbocycles. The topological polar surface area (TPSA) is 29.9 Å². The van der Waals surface area contributed by atoms with Crippen molar-refractivity contribution < 1.29 is 4.39 Å². The lowest BCUT2D eigenvalue weighted by Gasteiger charge is -2.17. The summed E-state index contributed by atoms with van der Waals surface area (Å²) in [5, 5.41) is 7.62. The number of hydrogen-bond donors (Lipinski definition) is 1. The van der Waals surface area contributed by atoms with Gasteiger partial charge in [-0.05, 0) is 63.5 Å². The van der Waals surface area contributed by atoms with Gasteiger partial charge in [-0.25, -0.2) is 4.39 Å². The van der Waals surface area contributed by atoms with Crippen molar-refractivity contribution in [1.82, 2.24) is 15.1 Å². The van der Waals surface area contributed by atoms with Crippen LogP contribution in [-0.4, -0.2) is 16.8 Å². The van der Waals surface area contributed by atoms with Gasteiger partial charge in [-0.1, -0.05) is 6.07 Å². The van der Waals surface area contributed by atoms with Crippen molar-refractivity contribution in [2.45, 2.75) is 19.4 Å². The average Bonchev–Trinajstić information content (AvgIpc) is 2.65. The van der Waals surface area contributed by atoms with Crippen LogP contribution in [0.3, 0.4) is 0 Å². The Hall–Kier alpha value is -0.720. The van der Waals surface area contributed by atoms with Crippen LogP contribution in [0.25, 0.3) is 0 Å². The molecule has 0 bridgehead atoms. The largest absolute Gasteiger partial charge is 0.313 e. The Morgan fingerprint density at radius 3 is 2.60 bits per heavy atom. The molecule has 1 aromatic heterocycles. The maximum Gasteiger partial charge on any atom is 0.137 e. The lowest BCUT2D eigenvalue weighted by Crippen LogP contribution is -2.20. The molecule has 2 aromatic rings. The fourth-order valence-electron chi connectivity index (χ4n) is 2.21. The van der Waals surface area contributed by atoms with Gasteiger partial charge >= 0.3 is 0 Å². The number of hydrogen-bond acceptors (Lipinski definition) is 2. The Labute approximate surface area is 134 Å². The standard InChI is InChI=1S/C14H16Br2FN3/c1-8-14(16)13(20(3)19-8)7-12(18-2)9-4-5-10(15)11(17)6-9/h4-6,12,18H,7H2,1-3H3. The van der Waals surface area contributed by atoms with E-state index in [4.69, 9.17) is 0 Å². The van der Waals surface area contributed by atoms with E-state index in [0.29, 0.717) is 4.47 Å². The molecule has 0 spiro atoms. The molecule has 0 saturated carbocycles. The van der Waals surface area contributed by atoms with Gasteiger partial charge in [0.05, 0.1) is 20.3 Å². The van der Waals surface area contributed by atoms with Crippen LogP contribution in [0.2, 0.25) is 0 Å². The van der Waals surface area contributed by atoms with Crippen LogP contribution in [0.5, 0.6) is 0 Å². The third kappa shape index (κ3) is 3.13. The predicted octanol–water partition coefficient (Wildman–Crippen LogP) is 3.90. The Balaban J connectivity index is 2.31. The summed E-state index contributed by atoms with van der Waals surface area (Å²) in [5.74, 6) is -0.247. The summed E-state index contributed by atoms with van der Waals surface area (Å²) in [6.45, 7) is 1.96. The third-order valence-electron chi connectivity index (χ3n) is 3.35. The Kier molecular flexibility index (Phi) is 4.99. The lowest BCUT2D eigenvalue weighted by atomic mass is 10.0. The van der Waals surface area contributed by atoms with Crippen LogP contribution in [-0.2, 0) is 13.5 Å². The summed E-state index contributed by atoms with van der Waals surface area (Å²) in [7, 11) is 3.80. The van der Waals surface area contributed by atoms with E-state index in [1.165, 1.54) is 0 Å². The summed E-state index contributed by atoms with van der Waals surface area (Å²) in [6.07, 6.45) is 0.732. The Bertz CT molecular complexity index is 625. The molecule has 1 aromatic carbocycles. The molecule has 3 nitrogen and oxygen atoms in total. The fraction of sp³-hybridized carbons (Fsp3) is 0.357. The highest BCUT2D eigenvalue weighted by atomic mass is 79.9. The molecule has 0 aliphatic rings. The monoisotopic (exact) mass is 403 g/mol. The summed E-state index contributed by atoms with van der Waals surface area (Å²) in [5.41, 5.74) is 2.96. The number of benzene rings is 1. The number of halogens is 3. The van der Waals surface area contributed by atoms with E-state index < -0.39 is 0 Å². The van der Waals surface area contributed by atoms with Gasteiger partial charge in [-0.3, -0.25) is 4.68 Å². The zero-order chi connectivity index (χ0) is 14.9. The molecule has 1 heterocycles. The predicted molar refractivity (Wildman–Crippen MR) is 85.2 cm³/mol. The smallest absolute Gasteiger partial charge is 0.137 e. The lowest BCUT2D eigenvalue weighted by molar-refractivity contribution is 0.551. The van der Waals surface area contributed by atoms with Gasteiger partial charge in [0.2, 0.25) is 0 Å². The molecule has 2 rings (SSSR count). The summed E-state index contributed by atoms with van der Waals surface area (Å²) in [6, 6.07) is 5.25. The molecule has 6 heteroatoms. The van der Waals surface area contributed by atoms with Gasteiger partial charge < -0.3 is 5.32 Å². The van der Waals surface area contributed by atoms with E-state index in [0.717, 1.165) is 27.8 Å². The molecule has 0 radical (unpaired) electrons. The molecular formula is C14H16Br2FN3. The van der Waals surface area contributed by atoms with E-state index in [1.54, 1.807) is 12.1 Å². The zero-order valence-electron chi connectivity index (χ0n) is 11.5. The highest BCUT2D eigenvalue weighted by Crippen LogP contribution is 2.27. The van der Waals surface area contributed by atoms with Crippen LogP contribution in [0.15, 0.2) is 27.1 Å². The fourth-order valence-corrected chi connectivity index (χ4v) is 2.96. The Morgan fingerprint density at radius 1 is 1.40 bits per heavy atom. The van der Waals surface area contributed by atoms with Crippen molar-refractivity contribution in [2.75, 3.05) is 7.05 Å². The van der Waals surface area contributed by atoms with Gasteiger partial charge in [-0.2, -0.15) is 5.10 Å². The second-order valence-electron chi connectivity index (χ2n) is 4.69. The minimum atomic E-state index is -0.247. The second kappa shape index (κ2) is 6.37. The molecule has 1 unspecified atom stereocenters. The van der Waals surface area contributed by atoms with Crippen LogP contribution in [0, 0.1) is 12.7 Å². The molecule has 108 valence electrons. The van der Waals surface area contributed by atoms with Crippen molar-refractivity contribution >= 4 is 31.9 Å². The number of nitrogens with zero attached hydrogens (tertiary/aromatic N) is 2. The quantitative estimate of drug-likeness (QED) is 0.837. The number of aryl methyl sites for hydroxylation is 2. The van der Waals surface area contributed by atoms with E-state index in [-0.39, 0.29) is 11.9 Å². The van der Waals surface area contributed by atoms with Crippen molar-refractivity contribution in [3.05, 3.63) is 49.9 Å². The maximum absolute atomic E-state index is 13.7. The summed E-state index contributed by atoms with van der Waals surface area (Å²) >= 11 is 6.74. The van der Waals surface area contributed by atoms with E-state index >= 15 is 0 Å². The molecule has 0 saturated heterocycles. The first kappa shape index (κ1) is 15.7. The van der Waals surface area contributed by atoms with Crippen molar-refractivity contribution in [3.63, 3.8) is 0 Å². The van der Waals surface area contributed by atoms with Gasteiger partial charge in [0, 0.05) is 19.5 Å². The van der Waals surface area contributed by atoms with Crippen LogP contribution >= 0.6 is 31.9 Å². The summed E-state index contributed by atoms with van der Waals surface area (Å²) in [4.78, 5) is 0. The Morgan fingerprint density at radius 2 is 2.10 bits per heavy atom. The van der Waals surface area contributed by atoms with Crippen LogP contribution in [0.1, 0.15) is 23.0 Å². The number of rotatable bonds is 4. The first-order valence-corrected chi connectivity index (χ1v) is 7.82. The van der Waals surface area contributed by atoms with Crippen molar-refractivity contribution in [3.8, 4) is 0 Å². The van der Waals surface area contributed by atoms with E-state index in [1.807, 2.05) is 31.8 Å². The molecule has 0 fully saturated rings. The molecule has 20 heavy (non-hydrogen) atoms.